The summed E-state index contributed by atoms with van der Waals surface area (Å²) in [5.41, 5.74) is 3.13. The molecular weight excluding hydrogens is 260 g/mol. The van der Waals surface area contributed by atoms with Gasteiger partial charge in [0.15, 0.2) is 0 Å². The van der Waals surface area contributed by atoms with Gasteiger partial charge in [-0.05, 0) is 43.4 Å². The van der Waals surface area contributed by atoms with Gasteiger partial charge in [0.1, 0.15) is 0 Å². The van der Waals surface area contributed by atoms with Gasteiger partial charge in [0, 0.05) is 7.11 Å². The number of ether oxygens (including phenoxy) is 1. The summed E-state index contributed by atoms with van der Waals surface area (Å²) in [6, 6.07) is 18.4. The zero-order valence-corrected chi connectivity index (χ0v) is 13.0. The van der Waals surface area contributed by atoms with Gasteiger partial charge in [-0.25, -0.2) is 0 Å². The van der Waals surface area contributed by atoms with E-state index < -0.39 is 6.10 Å². The quantitative estimate of drug-likeness (QED) is 0.840. The molecule has 1 atom stereocenters. The first-order valence-electron chi connectivity index (χ1n) is 7.40. The molecule has 0 heterocycles. The fraction of sp³-hybridized carbons (Fsp3) is 0.368. The highest BCUT2D eigenvalue weighted by atomic mass is 16.5. The second-order valence-electron chi connectivity index (χ2n) is 6.01. The summed E-state index contributed by atoms with van der Waals surface area (Å²) in [5, 5.41) is 10.3. The van der Waals surface area contributed by atoms with Gasteiger partial charge in [0.05, 0.1) is 11.7 Å². The number of aliphatic hydroxyl groups excluding tert-OH is 1. The highest BCUT2D eigenvalue weighted by Crippen LogP contribution is 2.26. The molecule has 2 aromatic carbocycles. The summed E-state index contributed by atoms with van der Waals surface area (Å²) in [6.07, 6.45) is 1.08. The minimum Gasteiger partial charge on any atom is -0.388 e. The molecule has 0 saturated carbocycles. The number of rotatable bonds is 6. The minimum atomic E-state index is -0.441. The van der Waals surface area contributed by atoms with Crippen LogP contribution in [0.3, 0.4) is 0 Å². The lowest BCUT2D eigenvalue weighted by Crippen LogP contribution is -2.23. The third kappa shape index (κ3) is 4.42. The molecule has 0 fully saturated rings. The van der Waals surface area contributed by atoms with Crippen LogP contribution in [0.25, 0.3) is 11.1 Å². The van der Waals surface area contributed by atoms with Crippen molar-refractivity contribution in [1.82, 2.24) is 0 Å². The van der Waals surface area contributed by atoms with Crippen LogP contribution in [-0.4, -0.2) is 17.8 Å². The number of methoxy groups -OCH3 is 1. The fourth-order valence-corrected chi connectivity index (χ4v) is 2.28. The topological polar surface area (TPSA) is 29.5 Å². The maximum absolute atomic E-state index is 10.3. The van der Waals surface area contributed by atoms with Gasteiger partial charge in [-0.15, -0.1) is 0 Å². The van der Waals surface area contributed by atoms with Crippen molar-refractivity contribution in [1.29, 1.82) is 0 Å². The first-order valence-corrected chi connectivity index (χ1v) is 7.40. The van der Waals surface area contributed by atoms with Crippen LogP contribution in [0.2, 0.25) is 0 Å². The van der Waals surface area contributed by atoms with Crippen molar-refractivity contribution in [2.45, 2.75) is 38.4 Å². The molecule has 0 bridgehead atoms. The highest BCUT2D eigenvalue weighted by molar-refractivity contribution is 5.63. The molecule has 0 aliphatic carbocycles. The largest absolute Gasteiger partial charge is 0.388 e. The van der Waals surface area contributed by atoms with Crippen molar-refractivity contribution in [2.75, 3.05) is 7.11 Å². The average molecular weight is 284 g/mol. The monoisotopic (exact) mass is 284 g/mol. The molecule has 2 nitrogen and oxygen atoms in total. The summed E-state index contributed by atoms with van der Waals surface area (Å²) in [6.45, 7) is 4.08. The molecular formula is C19H24O2. The zero-order chi connectivity index (χ0) is 15.3. The number of hydrogen-bond donors (Lipinski definition) is 1. The zero-order valence-electron chi connectivity index (χ0n) is 13.0. The first-order chi connectivity index (χ1) is 10.0. The predicted octanol–water partition coefficient (Wildman–Crippen LogP) is 4.59. The van der Waals surface area contributed by atoms with E-state index in [0.717, 1.165) is 12.0 Å². The Balaban J connectivity index is 2.02. The van der Waals surface area contributed by atoms with Crippen molar-refractivity contribution in [3.8, 4) is 11.1 Å². The van der Waals surface area contributed by atoms with Gasteiger partial charge in [-0.2, -0.15) is 0 Å². The summed E-state index contributed by atoms with van der Waals surface area (Å²) >= 11 is 0. The average Bonchev–Trinajstić information content (AvgIpc) is 2.54. The molecule has 0 aromatic heterocycles. The Morgan fingerprint density at radius 1 is 0.952 bits per heavy atom. The van der Waals surface area contributed by atoms with Crippen LogP contribution in [0.5, 0.6) is 0 Å². The van der Waals surface area contributed by atoms with E-state index in [1.807, 2.05) is 44.2 Å². The normalized spacial score (nSPS) is 13.1. The Kier molecular flexibility index (Phi) is 5.16. The van der Waals surface area contributed by atoms with E-state index in [1.165, 1.54) is 11.1 Å². The van der Waals surface area contributed by atoms with E-state index in [1.54, 1.807) is 7.11 Å². The molecule has 2 aromatic rings. The van der Waals surface area contributed by atoms with E-state index in [9.17, 15) is 5.11 Å². The molecule has 1 unspecified atom stereocenters. The van der Waals surface area contributed by atoms with Crippen LogP contribution in [0.15, 0.2) is 54.6 Å². The van der Waals surface area contributed by atoms with Crippen molar-refractivity contribution < 1.29 is 9.84 Å². The minimum absolute atomic E-state index is 0.190. The highest BCUT2D eigenvalue weighted by Gasteiger charge is 2.19. The molecule has 21 heavy (non-hydrogen) atoms. The molecule has 0 aliphatic heterocycles. The molecule has 0 aliphatic rings. The molecule has 112 valence electrons. The van der Waals surface area contributed by atoms with E-state index in [-0.39, 0.29) is 5.60 Å². The smallest absolute Gasteiger partial charge is 0.0791 e. The van der Waals surface area contributed by atoms with E-state index >= 15 is 0 Å². The fourth-order valence-electron chi connectivity index (χ4n) is 2.28. The Labute approximate surface area is 127 Å². The molecule has 0 amide bonds. The number of aliphatic hydroxyl groups is 1. The standard InChI is InChI=1S/C19H24O2/c1-19(2,21-3)14-13-18(20)17-11-9-16(10-12-17)15-7-5-4-6-8-15/h4-12,18,20H,13-14H2,1-3H3. The molecule has 2 rings (SSSR count). The van der Waals surface area contributed by atoms with E-state index in [4.69, 9.17) is 4.74 Å². The van der Waals surface area contributed by atoms with Crippen LogP contribution in [0, 0.1) is 0 Å². The predicted molar refractivity (Wildman–Crippen MR) is 87.2 cm³/mol. The molecule has 0 radical (unpaired) electrons. The van der Waals surface area contributed by atoms with Crippen molar-refractivity contribution in [3.05, 3.63) is 60.2 Å². The van der Waals surface area contributed by atoms with Crippen LogP contribution >= 0.6 is 0 Å². The van der Waals surface area contributed by atoms with Gasteiger partial charge in [0.25, 0.3) is 0 Å². The van der Waals surface area contributed by atoms with Crippen molar-refractivity contribution in [3.63, 3.8) is 0 Å². The van der Waals surface area contributed by atoms with Crippen LogP contribution < -0.4 is 0 Å². The Morgan fingerprint density at radius 2 is 1.52 bits per heavy atom. The van der Waals surface area contributed by atoms with Gasteiger partial charge < -0.3 is 9.84 Å². The lowest BCUT2D eigenvalue weighted by Gasteiger charge is -2.24. The summed E-state index contributed by atoms with van der Waals surface area (Å²) in [5.74, 6) is 0. The van der Waals surface area contributed by atoms with Gasteiger partial charge in [0.2, 0.25) is 0 Å². The van der Waals surface area contributed by atoms with E-state index in [2.05, 4.69) is 24.3 Å². The van der Waals surface area contributed by atoms with Crippen LogP contribution in [-0.2, 0) is 4.74 Å². The SMILES string of the molecule is COC(C)(C)CCC(O)c1ccc(-c2ccccc2)cc1. The molecule has 1 N–H and O–H groups in total. The van der Waals surface area contributed by atoms with Gasteiger partial charge >= 0.3 is 0 Å². The number of benzene rings is 2. The van der Waals surface area contributed by atoms with Crippen LogP contribution in [0.1, 0.15) is 38.4 Å². The lowest BCUT2D eigenvalue weighted by molar-refractivity contribution is 0.00279. The Morgan fingerprint density at radius 3 is 2.10 bits per heavy atom. The third-order valence-corrected chi connectivity index (χ3v) is 3.98. The maximum Gasteiger partial charge on any atom is 0.0791 e. The van der Waals surface area contributed by atoms with Crippen LogP contribution in [0.4, 0.5) is 0 Å². The summed E-state index contributed by atoms with van der Waals surface area (Å²) < 4.78 is 5.39. The van der Waals surface area contributed by atoms with Crippen molar-refractivity contribution >= 4 is 0 Å². The Bertz CT molecular complexity index is 544. The van der Waals surface area contributed by atoms with Gasteiger partial charge in [-0.1, -0.05) is 54.6 Å². The number of hydrogen-bond acceptors (Lipinski definition) is 2. The second-order valence-corrected chi connectivity index (χ2v) is 6.01. The molecule has 0 spiro atoms. The van der Waals surface area contributed by atoms with Crippen molar-refractivity contribution in [2.24, 2.45) is 0 Å². The Hall–Kier alpha value is -1.64. The van der Waals surface area contributed by atoms with E-state index in [0.29, 0.717) is 6.42 Å². The maximum atomic E-state index is 10.3. The summed E-state index contributed by atoms with van der Waals surface area (Å²) in [4.78, 5) is 0. The molecule has 2 heteroatoms. The first kappa shape index (κ1) is 15.7. The molecule has 0 saturated heterocycles. The lowest BCUT2D eigenvalue weighted by atomic mass is 9.95. The third-order valence-electron chi connectivity index (χ3n) is 3.98. The van der Waals surface area contributed by atoms with Gasteiger partial charge in [-0.3, -0.25) is 0 Å². The summed E-state index contributed by atoms with van der Waals surface area (Å²) in [7, 11) is 1.71. The second kappa shape index (κ2) is 6.88.